The summed E-state index contributed by atoms with van der Waals surface area (Å²) in [6.07, 6.45) is 2.55. The van der Waals surface area contributed by atoms with Gasteiger partial charge in [0.25, 0.3) is 15.7 Å². The topological polar surface area (TPSA) is 151 Å². The Morgan fingerprint density at radius 3 is 2.00 bits per heavy atom. The molecule has 308 valence electrons. The van der Waals surface area contributed by atoms with Gasteiger partial charge in [0.15, 0.2) is 34.5 Å². The molecule has 0 amide bonds. The van der Waals surface area contributed by atoms with Crippen molar-refractivity contribution in [3.05, 3.63) is 122 Å². The highest BCUT2D eigenvalue weighted by molar-refractivity contribution is 7.92. The predicted octanol–water partition coefficient (Wildman–Crippen LogP) is 7.87. The van der Waals surface area contributed by atoms with Crippen molar-refractivity contribution in [2.45, 2.75) is 42.7 Å². The van der Waals surface area contributed by atoms with Gasteiger partial charge in [-0.1, -0.05) is 12.1 Å². The number of fused-ring (bicyclic) bond motifs is 2. The molecular formula is C44H46N4O10S. The van der Waals surface area contributed by atoms with Gasteiger partial charge in [-0.3, -0.25) is 24.6 Å². The molecule has 0 spiro atoms. The number of benzene rings is 5. The molecule has 15 heteroatoms. The second-order valence-corrected chi connectivity index (χ2v) is 16.7. The van der Waals surface area contributed by atoms with Crippen LogP contribution in [0.25, 0.3) is 0 Å². The van der Waals surface area contributed by atoms with Crippen molar-refractivity contribution in [1.82, 2.24) is 9.80 Å². The molecule has 4 heterocycles. The van der Waals surface area contributed by atoms with Crippen LogP contribution in [-0.4, -0.2) is 78.8 Å². The molecule has 5 aromatic rings. The molecule has 0 fully saturated rings. The maximum atomic E-state index is 14.0. The Bertz CT molecular complexity index is 2530. The molecular weight excluding hydrogens is 777 g/mol. The molecule has 0 saturated heterocycles. The Morgan fingerprint density at radius 2 is 1.34 bits per heavy atom. The summed E-state index contributed by atoms with van der Waals surface area (Å²) in [6.45, 7) is 1.56. The number of likely N-dealkylation sites (N-methyl/N-ethyl adjacent to an activating group) is 2. The van der Waals surface area contributed by atoms with Crippen LogP contribution in [0.3, 0.4) is 0 Å². The van der Waals surface area contributed by atoms with Crippen LogP contribution in [0, 0.1) is 10.1 Å². The molecule has 9 rings (SSSR count). The van der Waals surface area contributed by atoms with Crippen LogP contribution in [-0.2, 0) is 35.7 Å². The molecule has 59 heavy (non-hydrogen) atoms. The number of methoxy groups -OCH3 is 4. The molecule has 2 atom stereocenters. The van der Waals surface area contributed by atoms with Crippen LogP contribution >= 0.6 is 0 Å². The van der Waals surface area contributed by atoms with E-state index in [0.29, 0.717) is 64.5 Å². The van der Waals surface area contributed by atoms with Gasteiger partial charge >= 0.3 is 0 Å². The minimum absolute atomic E-state index is 0.0580. The molecule has 0 unspecified atom stereocenters. The van der Waals surface area contributed by atoms with E-state index >= 15 is 0 Å². The third-order valence-corrected chi connectivity index (χ3v) is 13.0. The van der Waals surface area contributed by atoms with E-state index in [1.807, 2.05) is 37.4 Å². The van der Waals surface area contributed by atoms with Crippen molar-refractivity contribution in [2.24, 2.45) is 0 Å². The molecule has 6 bridgehead atoms. The van der Waals surface area contributed by atoms with E-state index in [-0.39, 0.29) is 34.8 Å². The summed E-state index contributed by atoms with van der Waals surface area (Å²) >= 11 is 0. The fourth-order valence-electron chi connectivity index (χ4n) is 8.39. The average molecular weight is 823 g/mol. The largest absolute Gasteiger partial charge is 0.493 e. The highest BCUT2D eigenvalue weighted by Crippen LogP contribution is 2.52. The first kappa shape index (κ1) is 39.8. The van der Waals surface area contributed by atoms with Crippen LogP contribution in [0.2, 0.25) is 0 Å². The highest BCUT2D eigenvalue weighted by atomic mass is 32.2. The number of nitrogens with one attached hydrogen (secondary N) is 1. The number of nitro groups is 1. The fourth-order valence-corrected chi connectivity index (χ4v) is 9.48. The molecule has 4 aliphatic heterocycles. The standard InChI is InChI=1S/C44H46N4O10S/c1-46-17-15-27-21-37(53-3)40-24-33(27)35(46)19-26-7-11-31(12-8-26)57-39-23-29(20-36-42-28(16-18-47(36)2)22-41(55-5)43(56-6)44(42)58-40)34(25-38(39)54-4)45-59(51,52)32-13-9-30(10-14-32)48(49)50/h7-14,21-25,35-36,45H,15-20H2,1-6H3/t35-,36-/m0/s1. The maximum Gasteiger partial charge on any atom is 0.269 e. The minimum atomic E-state index is -4.24. The number of ether oxygens (including phenoxy) is 6. The second-order valence-electron chi connectivity index (χ2n) is 15.0. The summed E-state index contributed by atoms with van der Waals surface area (Å²) in [7, 11) is 6.22. The van der Waals surface area contributed by atoms with E-state index in [2.05, 4.69) is 33.7 Å². The van der Waals surface area contributed by atoms with Crippen LogP contribution in [0.15, 0.2) is 83.8 Å². The van der Waals surface area contributed by atoms with Gasteiger partial charge in [0.05, 0.1) is 43.9 Å². The Hall–Kier alpha value is -6.03. The SMILES string of the molecule is COc1cc(NS(=O)(=O)c2ccc([N+](=O)[O-])cc2)c2cc1Oc1ccc(cc1)C[C@H]1c3cc(c(OC)cc3CCN1C)Oc1c(OC)c(OC)cc3c1[C@H](C2)N(C)CC3. The first-order valence-corrected chi connectivity index (χ1v) is 20.7. The predicted molar refractivity (Wildman–Crippen MR) is 222 cm³/mol. The molecule has 4 aliphatic rings. The van der Waals surface area contributed by atoms with Crippen molar-refractivity contribution >= 4 is 21.4 Å². The van der Waals surface area contributed by atoms with E-state index in [1.54, 1.807) is 33.5 Å². The minimum Gasteiger partial charge on any atom is -0.493 e. The normalized spacial score (nSPS) is 17.7. The molecule has 0 radical (unpaired) electrons. The number of hydrogen-bond donors (Lipinski definition) is 1. The lowest BCUT2D eigenvalue weighted by Gasteiger charge is -2.37. The van der Waals surface area contributed by atoms with Crippen molar-refractivity contribution in [2.75, 3.05) is 60.3 Å². The smallest absolute Gasteiger partial charge is 0.269 e. The van der Waals surface area contributed by atoms with E-state index in [4.69, 9.17) is 28.4 Å². The molecule has 0 aliphatic carbocycles. The van der Waals surface area contributed by atoms with Gasteiger partial charge in [-0.2, -0.15) is 0 Å². The van der Waals surface area contributed by atoms with Crippen LogP contribution in [0.1, 0.15) is 45.5 Å². The van der Waals surface area contributed by atoms with Crippen LogP contribution in [0.4, 0.5) is 11.4 Å². The Labute approximate surface area is 343 Å². The Balaban J connectivity index is 1.34. The molecule has 0 saturated carbocycles. The maximum absolute atomic E-state index is 14.0. The third kappa shape index (κ3) is 7.57. The van der Waals surface area contributed by atoms with Gasteiger partial charge in [-0.15, -0.1) is 0 Å². The summed E-state index contributed by atoms with van der Waals surface area (Å²) < 4.78 is 68.0. The van der Waals surface area contributed by atoms with Gasteiger partial charge in [0, 0.05) is 48.9 Å². The summed E-state index contributed by atoms with van der Waals surface area (Å²) in [6, 6.07) is 21.9. The lowest BCUT2D eigenvalue weighted by atomic mass is 9.87. The molecule has 0 aromatic heterocycles. The van der Waals surface area contributed by atoms with Gasteiger partial charge in [-0.05, 0) is 116 Å². The van der Waals surface area contributed by atoms with E-state index in [9.17, 15) is 18.5 Å². The van der Waals surface area contributed by atoms with Gasteiger partial charge < -0.3 is 28.4 Å². The lowest BCUT2D eigenvalue weighted by Crippen LogP contribution is -2.34. The van der Waals surface area contributed by atoms with Crippen molar-refractivity contribution in [3.8, 4) is 46.0 Å². The first-order chi connectivity index (χ1) is 28.4. The third-order valence-electron chi connectivity index (χ3n) is 11.6. The Morgan fingerprint density at radius 1 is 0.712 bits per heavy atom. The number of rotatable bonds is 8. The summed E-state index contributed by atoms with van der Waals surface area (Å²) in [5, 5.41) is 11.3. The fraction of sp³-hybridized carbons (Fsp3) is 0.318. The summed E-state index contributed by atoms with van der Waals surface area (Å²) in [4.78, 5) is 15.2. The van der Waals surface area contributed by atoms with Crippen molar-refractivity contribution < 1.29 is 41.8 Å². The average Bonchev–Trinajstić information content (AvgIpc) is 3.23. The van der Waals surface area contributed by atoms with E-state index in [1.165, 1.54) is 24.8 Å². The zero-order valence-corrected chi connectivity index (χ0v) is 34.6. The zero-order valence-electron chi connectivity index (χ0n) is 33.7. The van der Waals surface area contributed by atoms with Crippen LogP contribution < -0.4 is 33.1 Å². The van der Waals surface area contributed by atoms with Crippen LogP contribution in [0.5, 0.6) is 46.0 Å². The first-order valence-electron chi connectivity index (χ1n) is 19.2. The number of anilines is 1. The number of nitro benzene ring substituents is 1. The number of nitrogens with zero attached hydrogens (tertiary/aromatic N) is 3. The summed E-state index contributed by atoms with van der Waals surface area (Å²) in [5.74, 6) is 3.76. The van der Waals surface area contributed by atoms with E-state index in [0.717, 1.165) is 53.8 Å². The van der Waals surface area contributed by atoms with Gasteiger partial charge in [0.2, 0.25) is 5.75 Å². The quantitative estimate of drug-likeness (QED) is 0.120. The summed E-state index contributed by atoms with van der Waals surface area (Å²) in [5.41, 5.74) is 5.89. The monoisotopic (exact) mass is 822 g/mol. The lowest BCUT2D eigenvalue weighted by molar-refractivity contribution is -0.384. The zero-order chi connectivity index (χ0) is 41.6. The molecule has 5 aromatic carbocycles. The van der Waals surface area contributed by atoms with Crippen molar-refractivity contribution in [1.29, 1.82) is 0 Å². The van der Waals surface area contributed by atoms with Gasteiger partial charge in [-0.25, -0.2) is 8.42 Å². The molecule has 1 N–H and O–H groups in total. The van der Waals surface area contributed by atoms with Gasteiger partial charge in [0.1, 0.15) is 5.75 Å². The highest BCUT2D eigenvalue weighted by Gasteiger charge is 2.36. The Kier molecular flexibility index (Phi) is 10.8. The van der Waals surface area contributed by atoms with Crippen molar-refractivity contribution in [3.63, 3.8) is 0 Å². The second kappa shape index (κ2) is 16.0. The van der Waals surface area contributed by atoms with E-state index < -0.39 is 14.9 Å². The number of hydrogen-bond acceptors (Lipinski definition) is 12. The number of sulfonamides is 1. The molecule has 14 nitrogen and oxygen atoms in total. The number of non-ortho nitro benzene ring substituents is 1.